The number of aryl methyl sites for hydroxylation is 1. The van der Waals surface area contributed by atoms with Crippen LogP contribution in [0.1, 0.15) is 39.2 Å². The van der Waals surface area contributed by atoms with Crippen molar-refractivity contribution in [3.8, 4) is 0 Å². The van der Waals surface area contributed by atoms with Crippen molar-refractivity contribution in [2.24, 2.45) is 0 Å². The average molecular weight is 481 g/mol. The lowest BCUT2D eigenvalue weighted by atomic mass is 10.2. The molecule has 3 nitrogen and oxygen atoms in total. The van der Waals surface area contributed by atoms with Crippen LogP contribution in [0.25, 0.3) is 0 Å². The topological polar surface area (TPSA) is 46.5 Å². The largest absolute Gasteiger partial charge is 0.407 e. The molecular formula is C28H36O3SSi. The van der Waals surface area contributed by atoms with Gasteiger partial charge in [0.05, 0.1) is 22.7 Å². The fourth-order valence-corrected chi connectivity index (χ4v) is 10.1. The van der Waals surface area contributed by atoms with Gasteiger partial charge in [-0.1, -0.05) is 99.1 Å². The van der Waals surface area contributed by atoms with E-state index < -0.39 is 25.2 Å². The van der Waals surface area contributed by atoms with E-state index >= 15 is 0 Å². The molecule has 0 aliphatic rings. The maximum absolute atomic E-state index is 12.6. The minimum atomic E-state index is -2.55. The fourth-order valence-electron chi connectivity index (χ4n) is 4.35. The number of aliphatic hydroxyl groups excluding tert-OH is 1. The molecular weight excluding hydrogens is 444 g/mol. The predicted molar refractivity (Wildman–Crippen MR) is 141 cm³/mol. The second-order valence-electron chi connectivity index (χ2n) is 9.63. The lowest BCUT2D eigenvalue weighted by Crippen LogP contribution is -2.66. The van der Waals surface area contributed by atoms with E-state index in [1.807, 2.05) is 43.3 Å². The zero-order valence-electron chi connectivity index (χ0n) is 20.2. The summed E-state index contributed by atoms with van der Waals surface area (Å²) in [5.41, 5.74) is 1.14. The van der Waals surface area contributed by atoms with Crippen LogP contribution in [0.4, 0.5) is 0 Å². The standard InChI is InChI=1S/C28H36O3SSi/c1-23-17-19-25(20-18-23)32(30)22-24(29)12-11-21-31-33(28(2,3)4,26-13-7-5-8-14-26)27-15-9-6-10-16-27/h5-10,13-20,24,29H,11-12,21-22H2,1-4H3/t24-,32+/m0/s1. The predicted octanol–water partition coefficient (Wildman–Crippen LogP) is 4.82. The highest BCUT2D eigenvalue weighted by molar-refractivity contribution is 7.85. The van der Waals surface area contributed by atoms with Crippen LogP contribution < -0.4 is 10.4 Å². The molecule has 0 aliphatic carbocycles. The first-order valence-corrected chi connectivity index (χ1v) is 14.8. The Morgan fingerprint density at radius 1 is 0.879 bits per heavy atom. The van der Waals surface area contributed by atoms with Crippen LogP contribution in [0.15, 0.2) is 89.8 Å². The van der Waals surface area contributed by atoms with Gasteiger partial charge < -0.3 is 9.53 Å². The zero-order chi connectivity index (χ0) is 23.9. The van der Waals surface area contributed by atoms with Gasteiger partial charge in [-0.2, -0.15) is 0 Å². The Bertz CT molecular complexity index is 975. The van der Waals surface area contributed by atoms with Crippen LogP contribution in [0.2, 0.25) is 5.04 Å². The summed E-state index contributed by atoms with van der Waals surface area (Å²) in [5, 5.41) is 13.0. The van der Waals surface area contributed by atoms with Gasteiger partial charge in [0.15, 0.2) is 0 Å². The number of benzene rings is 3. The van der Waals surface area contributed by atoms with E-state index in [0.717, 1.165) is 16.9 Å². The molecule has 0 saturated heterocycles. The van der Waals surface area contributed by atoms with Crippen LogP contribution in [-0.4, -0.2) is 36.1 Å². The van der Waals surface area contributed by atoms with Gasteiger partial charge in [0.25, 0.3) is 8.32 Å². The molecule has 0 amide bonds. The number of hydrogen-bond donors (Lipinski definition) is 1. The molecule has 3 aromatic carbocycles. The van der Waals surface area contributed by atoms with Crippen molar-refractivity contribution in [1.82, 2.24) is 0 Å². The number of rotatable bonds is 10. The van der Waals surface area contributed by atoms with Gasteiger partial charge in [-0.3, -0.25) is 4.21 Å². The molecule has 0 radical (unpaired) electrons. The minimum absolute atomic E-state index is 0.0682. The van der Waals surface area contributed by atoms with Gasteiger partial charge in [-0.05, 0) is 47.3 Å². The molecule has 0 heterocycles. The molecule has 0 aliphatic heterocycles. The molecule has 5 heteroatoms. The summed E-state index contributed by atoms with van der Waals surface area (Å²) in [6, 6.07) is 28.8. The van der Waals surface area contributed by atoms with Crippen LogP contribution in [-0.2, 0) is 15.2 Å². The van der Waals surface area contributed by atoms with Gasteiger partial charge >= 0.3 is 0 Å². The van der Waals surface area contributed by atoms with Crippen LogP contribution >= 0.6 is 0 Å². The molecule has 0 bridgehead atoms. The number of aliphatic hydroxyl groups is 1. The first-order chi connectivity index (χ1) is 15.7. The lowest BCUT2D eigenvalue weighted by molar-refractivity contribution is 0.172. The molecule has 0 spiro atoms. The first kappa shape index (κ1) is 25.6. The lowest BCUT2D eigenvalue weighted by Gasteiger charge is -2.43. The van der Waals surface area contributed by atoms with E-state index in [0.29, 0.717) is 13.0 Å². The highest BCUT2D eigenvalue weighted by atomic mass is 32.2. The van der Waals surface area contributed by atoms with Crippen molar-refractivity contribution in [2.75, 3.05) is 12.4 Å². The Labute approximate surface area is 202 Å². The molecule has 0 fully saturated rings. The van der Waals surface area contributed by atoms with Crippen LogP contribution in [0.5, 0.6) is 0 Å². The Hall–Kier alpha value is -2.05. The van der Waals surface area contributed by atoms with Crippen molar-refractivity contribution < 1.29 is 13.7 Å². The summed E-state index contributed by atoms with van der Waals surface area (Å²) in [5.74, 6) is 0.252. The van der Waals surface area contributed by atoms with Crippen LogP contribution in [0.3, 0.4) is 0 Å². The molecule has 0 aromatic heterocycles. The highest BCUT2D eigenvalue weighted by Gasteiger charge is 2.49. The van der Waals surface area contributed by atoms with E-state index in [1.54, 1.807) is 0 Å². The Balaban J connectivity index is 1.69. The van der Waals surface area contributed by atoms with Gasteiger partial charge in [0, 0.05) is 11.5 Å². The van der Waals surface area contributed by atoms with Crippen molar-refractivity contribution in [3.05, 3.63) is 90.5 Å². The zero-order valence-corrected chi connectivity index (χ0v) is 22.0. The molecule has 3 rings (SSSR count). The number of hydrogen-bond acceptors (Lipinski definition) is 3. The Morgan fingerprint density at radius 2 is 1.39 bits per heavy atom. The molecule has 176 valence electrons. The summed E-state index contributed by atoms with van der Waals surface area (Å²) in [4.78, 5) is 0.767. The molecule has 1 N–H and O–H groups in total. The Kier molecular flexibility index (Phi) is 8.82. The van der Waals surface area contributed by atoms with Crippen molar-refractivity contribution >= 4 is 29.5 Å². The first-order valence-electron chi connectivity index (χ1n) is 11.6. The molecule has 3 aromatic rings. The maximum atomic E-state index is 12.6. The third-order valence-corrected chi connectivity index (χ3v) is 12.6. The van der Waals surface area contributed by atoms with Gasteiger partial charge in [-0.25, -0.2) is 0 Å². The third kappa shape index (κ3) is 6.30. The summed E-state index contributed by atoms with van der Waals surface area (Å²) >= 11 is 0. The second kappa shape index (κ2) is 11.4. The van der Waals surface area contributed by atoms with Gasteiger partial charge in [-0.15, -0.1) is 0 Å². The molecule has 2 atom stereocenters. The van der Waals surface area contributed by atoms with Gasteiger partial charge in [0.1, 0.15) is 0 Å². The third-order valence-electron chi connectivity index (χ3n) is 6.04. The van der Waals surface area contributed by atoms with E-state index in [9.17, 15) is 9.32 Å². The highest BCUT2D eigenvalue weighted by Crippen LogP contribution is 2.36. The minimum Gasteiger partial charge on any atom is -0.407 e. The van der Waals surface area contributed by atoms with Crippen LogP contribution in [0, 0.1) is 6.92 Å². The summed E-state index contributed by atoms with van der Waals surface area (Å²) in [6.07, 6.45) is 0.668. The van der Waals surface area contributed by atoms with Gasteiger partial charge in [0.2, 0.25) is 0 Å². The maximum Gasteiger partial charge on any atom is 0.261 e. The van der Waals surface area contributed by atoms with Crippen molar-refractivity contribution in [3.63, 3.8) is 0 Å². The van der Waals surface area contributed by atoms with E-state index in [2.05, 4.69) is 69.3 Å². The average Bonchev–Trinajstić information content (AvgIpc) is 2.80. The smallest absolute Gasteiger partial charge is 0.261 e. The van der Waals surface area contributed by atoms with E-state index in [-0.39, 0.29) is 10.8 Å². The van der Waals surface area contributed by atoms with E-state index in [1.165, 1.54) is 10.4 Å². The van der Waals surface area contributed by atoms with E-state index in [4.69, 9.17) is 4.43 Å². The second-order valence-corrected chi connectivity index (χ2v) is 15.4. The molecule has 0 saturated carbocycles. The van der Waals surface area contributed by atoms with Crippen molar-refractivity contribution in [2.45, 2.75) is 56.6 Å². The molecule has 0 unspecified atom stereocenters. The normalized spacial score (nSPS) is 14.1. The Morgan fingerprint density at radius 3 is 1.88 bits per heavy atom. The molecule has 33 heavy (non-hydrogen) atoms. The quantitative estimate of drug-likeness (QED) is 0.334. The monoisotopic (exact) mass is 480 g/mol. The van der Waals surface area contributed by atoms with Crippen molar-refractivity contribution in [1.29, 1.82) is 0 Å². The summed E-state index contributed by atoms with van der Waals surface area (Å²) < 4.78 is 19.5. The fraction of sp³-hybridized carbons (Fsp3) is 0.357. The summed E-state index contributed by atoms with van der Waals surface area (Å²) in [7, 11) is -3.75. The SMILES string of the molecule is Cc1ccc([S@](=O)C[C@@H](O)CCCO[Si](c2ccccc2)(c2ccccc2)C(C)(C)C)cc1. The summed E-state index contributed by atoms with van der Waals surface area (Å²) in [6.45, 7) is 9.35.